The number of benzene rings is 8. The molecule has 0 bridgehead atoms. The average molecular weight is 1180 g/mol. The van der Waals surface area contributed by atoms with E-state index in [1.807, 2.05) is 165 Å². The zero-order valence-electron chi connectivity index (χ0n) is 50.7. The second-order valence-corrected chi connectivity index (χ2v) is 19.7. The summed E-state index contributed by atoms with van der Waals surface area (Å²) in [5, 5.41) is 27.7. The summed E-state index contributed by atoms with van der Waals surface area (Å²) in [5.74, 6) is -3.96. The molecule has 0 saturated carbocycles. The van der Waals surface area contributed by atoms with Crippen molar-refractivity contribution in [3.63, 3.8) is 0 Å². The smallest absolute Gasteiger partial charge is 0.336 e. The average Bonchev–Trinajstić information content (AvgIpc) is 3.73. The molecule has 0 amide bonds. The Morgan fingerprint density at radius 3 is 0.955 bits per heavy atom. The number of aryl methyl sites for hydroxylation is 1. The number of rotatable bonds is 19. The van der Waals surface area contributed by atoms with Crippen LogP contribution in [0.1, 0.15) is 184 Å². The molecule has 8 aromatic carbocycles. The van der Waals surface area contributed by atoms with Gasteiger partial charge in [-0.15, -0.1) is 0 Å². The topological polar surface area (TPSA) is 197 Å². The van der Waals surface area contributed by atoms with Crippen molar-refractivity contribution in [2.45, 2.75) is 41.5 Å². The van der Waals surface area contributed by atoms with Gasteiger partial charge in [-0.1, -0.05) is 221 Å². The lowest BCUT2D eigenvalue weighted by Crippen LogP contribution is -2.07. The van der Waals surface area contributed by atoms with E-state index in [4.69, 9.17) is 10.2 Å². The van der Waals surface area contributed by atoms with Crippen molar-refractivity contribution in [2.75, 3.05) is 0 Å². The minimum Gasteiger partial charge on any atom is -0.478 e. The van der Waals surface area contributed by atoms with E-state index in [0.717, 1.165) is 61.2 Å². The number of hydrogen-bond donors (Lipinski definition) is 3. The van der Waals surface area contributed by atoms with Gasteiger partial charge in [-0.2, -0.15) is 0 Å². The molecule has 3 N–H and O–H groups in total. The molecule has 0 fully saturated rings. The molecular formula is C78H70O11. The standard InChI is InChI=1S/C25H20O3.C17H14O3.C13H12O3.C12H12O.C11H12O/c1-18(26)23-16-21(14-12-19-8-4-2-5-9-19)22(17-24(23)25(27)28)15-13-20-10-6-3-7-11-20;1-12(18)15-10-9-14(11-16(15)17(19)20)8-7-13-5-3-2-4-6-13;1-4-9-6-11(8(3)14)12(13(15)16)7-10(9)5-2;1-4-10-6-7-12(9(3)13)8-11(10)5-2;1-4-10-5-6-11(9(3)12)7-8(10)2/h2-17H,1H3,(H,27,28);2-11H,1H3,(H,19,20);4-7H,1-2H2,3H3,(H,15,16);4-8H,1-2H2,3H3;4-7H,1H2,2-3H3. The molecule has 0 aliphatic rings. The van der Waals surface area contributed by atoms with Gasteiger partial charge < -0.3 is 15.3 Å². The molecule has 8 aromatic rings. The molecule has 0 aromatic heterocycles. The second-order valence-electron chi connectivity index (χ2n) is 19.7. The van der Waals surface area contributed by atoms with Crippen LogP contribution in [0.4, 0.5) is 0 Å². The van der Waals surface area contributed by atoms with E-state index >= 15 is 0 Å². The largest absolute Gasteiger partial charge is 0.478 e. The lowest BCUT2D eigenvalue weighted by atomic mass is 9.95. The molecule has 11 nitrogen and oxygen atoms in total. The van der Waals surface area contributed by atoms with Crippen LogP contribution in [0.25, 0.3) is 66.8 Å². The molecule has 0 aliphatic carbocycles. The minimum absolute atomic E-state index is 0.00648. The van der Waals surface area contributed by atoms with E-state index < -0.39 is 17.9 Å². The Kier molecular flexibility index (Phi) is 27.5. The van der Waals surface area contributed by atoms with Gasteiger partial charge in [0.2, 0.25) is 0 Å². The van der Waals surface area contributed by atoms with Crippen LogP contribution in [-0.2, 0) is 0 Å². The molecule has 0 aliphatic heterocycles. The molecule has 89 heavy (non-hydrogen) atoms. The first-order chi connectivity index (χ1) is 42.5. The van der Waals surface area contributed by atoms with Gasteiger partial charge >= 0.3 is 17.9 Å². The number of carboxylic acid groups (broad SMARTS) is 3. The fraction of sp³-hybridized carbons (Fsp3) is 0.0769. The van der Waals surface area contributed by atoms with Crippen LogP contribution in [0.5, 0.6) is 0 Å². The maximum atomic E-state index is 12.0. The zero-order chi connectivity index (χ0) is 65.7. The number of hydrogen-bond acceptors (Lipinski definition) is 8. The first kappa shape index (κ1) is 69.9. The normalized spacial score (nSPS) is 10.3. The van der Waals surface area contributed by atoms with Gasteiger partial charge in [-0.3, -0.25) is 24.0 Å². The van der Waals surface area contributed by atoms with Gasteiger partial charge in [0, 0.05) is 27.8 Å². The summed E-state index contributed by atoms with van der Waals surface area (Å²) in [6.07, 6.45) is 19.7. The fourth-order valence-electron chi connectivity index (χ4n) is 8.53. The van der Waals surface area contributed by atoms with Crippen molar-refractivity contribution in [3.05, 3.63) is 314 Å². The van der Waals surface area contributed by atoms with Crippen molar-refractivity contribution in [2.24, 2.45) is 0 Å². The summed E-state index contributed by atoms with van der Waals surface area (Å²) >= 11 is 0. The van der Waals surface area contributed by atoms with E-state index in [1.54, 1.807) is 68.5 Å². The summed E-state index contributed by atoms with van der Waals surface area (Å²) in [4.78, 5) is 90.5. The van der Waals surface area contributed by atoms with E-state index in [9.17, 15) is 43.5 Å². The van der Waals surface area contributed by atoms with Gasteiger partial charge in [0.1, 0.15) is 0 Å². The number of carboxylic acids is 3. The molecule has 0 radical (unpaired) electrons. The Morgan fingerprint density at radius 2 is 0.596 bits per heavy atom. The molecule has 0 heterocycles. The van der Waals surface area contributed by atoms with Gasteiger partial charge in [0.05, 0.1) is 16.7 Å². The number of Topliss-reactive ketones (excluding diaryl/α,β-unsaturated/α-hetero) is 5. The van der Waals surface area contributed by atoms with Gasteiger partial charge in [-0.25, -0.2) is 14.4 Å². The number of carbonyl (C=O) groups excluding carboxylic acids is 5. The maximum Gasteiger partial charge on any atom is 0.336 e. The van der Waals surface area contributed by atoms with Crippen molar-refractivity contribution in [1.29, 1.82) is 0 Å². The van der Waals surface area contributed by atoms with Gasteiger partial charge in [0.15, 0.2) is 28.9 Å². The van der Waals surface area contributed by atoms with Gasteiger partial charge in [-0.05, 0) is 157 Å². The highest BCUT2D eigenvalue weighted by molar-refractivity contribution is 6.08. The Bertz CT molecular complexity index is 3930. The fourth-order valence-corrected chi connectivity index (χ4v) is 8.53. The van der Waals surface area contributed by atoms with Crippen LogP contribution in [0, 0.1) is 6.92 Å². The maximum absolute atomic E-state index is 12.0. The molecule has 8 rings (SSSR count). The van der Waals surface area contributed by atoms with E-state index in [1.165, 1.54) is 45.0 Å². The third kappa shape index (κ3) is 21.5. The number of carbonyl (C=O) groups is 8. The van der Waals surface area contributed by atoms with Crippen LogP contribution in [-0.4, -0.2) is 62.1 Å². The predicted octanol–water partition coefficient (Wildman–Crippen LogP) is 18.6. The quantitative estimate of drug-likeness (QED) is 0.0514. The van der Waals surface area contributed by atoms with E-state index in [-0.39, 0.29) is 62.3 Å². The Balaban J connectivity index is 0.000000247. The lowest BCUT2D eigenvalue weighted by molar-refractivity contribution is 0.0683. The van der Waals surface area contributed by atoms with Gasteiger partial charge in [0.25, 0.3) is 0 Å². The molecule has 11 heteroatoms. The molecule has 0 saturated heterocycles. The molecule has 448 valence electrons. The van der Waals surface area contributed by atoms with Crippen LogP contribution in [0.15, 0.2) is 203 Å². The third-order valence-corrected chi connectivity index (χ3v) is 13.4. The van der Waals surface area contributed by atoms with Crippen molar-refractivity contribution < 1.29 is 53.7 Å². The summed E-state index contributed by atoms with van der Waals surface area (Å²) in [6, 6.07) is 51.4. The van der Waals surface area contributed by atoms with E-state index in [2.05, 4.69) is 32.9 Å². The van der Waals surface area contributed by atoms with Crippen LogP contribution >= 0.6 is 0 Å². The van der Waals surface area contributed by atoms with Crippen LogP contribution < -0.4 is 0 Å². The van der Waals surface area contributed by atoms with E-state index in [0.29, 0.717) is 16.7 Å². The molecular weight excluding hydrogens is 1110 g/mol. The molecule has 0 atom stereocenters. The van der Waals surface area contributed by atoms with Crippen LogP contribution in [0.2, 0.25) is 0 Å². The summed E-state index contributed by atoms with van der Waals surface area (Å²) in [5.41, 5.74) is 12.9. The number of aromatic carboxylic acids is 3. The third-order valence-electron chi connectivity index (χ3n) is 13.4. The summed E-state index contributed by atoms with van der Waals surface area (Å²) in [7, 11) is 0. The minimum atomic E-state index is -1.12. The Hall–Kier alpha value is -11.6. The molecule has 0 spiro atoms. The summed E-state index contributed by atoms with van der Waals surface area (Å²) < 4.78 is 0. The first-order valence-corrected chi connectivity index (χ1v) is 27.8. The monoisotopic (exact) mass is 1180 g/mol. The highest BCUT2D eigenvalue weighted by atomic mass is 16.4. The second kappa shape index (κ2) is 35.0. The highest BCUT2D eigenvalue weighted by Crippen LogP contribution is 2.25. The Morgan fingerprint density at radius 1 is 0.281 bits per heavy atom. The Labute approximate surface area is 520 Å². The summed E-state index contributed by atoms with van der Waals surface area (Å²) in [6.45, 7) is 27.4. The van der Waals surface area contributed by atoms with Crippen molar-refractivity contribution >= 4 is 114 Å². The van der Waals surface area contributed by atoms with Crippen molar-refractivity contribution in [3.8, 4) is 0 Å². The zero-order valence-corrected chi connectivity index (χ0v) is 50.7. The number of ketones is 5. The predicted molar refractivity (Wildman–Crippen MR) is 364 cm³/mol. The SMILES string of the molecule is C=Cc1cc(C(C)=O)c(C(=O)O)cc1C=C.C=Cc1ccc(C(C)=O)cc1C.C=Cc1ccc(C(C)=O)cc1C=C.CC(=O)c1cc(C=Cc2ccccc2)c(C=Cc2ccccc2)cc1C(=O)O.CC(=O)c1ccc(C=Cc2ccccc2)cc1C(=O)O. The van der Waals surface area contributed by atoms with Crippen molar-refractivity contribution in [1.82, 2.24) is 0 Å². The lowest BCUT2D eigenvalue weighted by Gasteiger charge is -2.09. The highest BCUT2D eigenvalue weighted by Gasteiger charge is 2.18. The first-order valence-electron chi connectivity index (χ1n) is 27.8. The molecule has 0 unspecified atom stereocenters. The van der Waals surface area contributed by atoms with Crippen LogP contribution in [0.3, 0.4) is 0 Å².